The third kappa shape index (κ3) is 5.32. The monoisotopic (exact) mass is 597 g/mol. The zero-order valence-corrected chi connectivity index (χ0v) is 21.3. The van der Waals surface area contributed by atoms with Crippen LogP contribution in [0.15, 0.2) is 29.3 Å². The number of sulfonamides is 1. The van der Waals surface area contributed by atoms with Gasteiger partial charge in [-0.05, 0) is 31.2 Å². The van der Waals surface area contributed by atoms with Crippen molar-refractivity contribution in [2.24, 2.45) is 7.05 Å². The maximum Gasteiger partial charge on any atom is 0.405 e. The molecule has 0 unspecified atom stereocenters. The Balaban J connectivity index is 1.73. The van der Waals surface area contributed by atoms with Gasteiger partial charge in [0.1, 0.15) is 29.4 Å². The summed E-state index contributed by atoms with van der Waals surface area (Å²) in [4.78, 5) is 37.8. The maximum absolute atomic E-state index is 13.8. The van der Waals surface area contributed by atoms with Gasteiger partial charge < -0.3 is 25.3 Å². The largest absolute Gasteiger partial charge is 0.487 e. The predicted molar refractivity (Wildman–Crippen MR) is 124 cm³/mol. The van der Waals surface area contributed by atoms with Gasteiger partial charge in [-0.1, -0.05) is 0 Å². The van der Waals surface area contributed by atoms with E-state index in [4.69, 9.17) is 4.74 Å². The summed E-state index contributed by atoms with van der Waals surface area (Å²) in [7, 11) is -3.78. The quantitative estimate of drug-likeness (QED) is 0.360. The lowest BCUT2D eigenvalue weighted by atomic mass is 9.99. The molecule has 0 aliphatic carbocycles. The molecule has 1 saturated heterocycles. The molecule has 2 aromatic rings. The molecule has 0 bridgehead atoms. The van der Waals surface area contributed by atoms with E-state index in [9.17, 15) is 49.1 Å². The highest BCUT2D eigenvalue weighted by Crippen LogP contribution is 2.41. The van der Waals surface area contributed by atoms with Crippen LogP contribution in [-0.4, -0.2) is 73.0 Å². The van der Waals surface area contributed by atoms with Gasteiger partial charge in [-0.2, -0.15) is 13.2 Å². The number of aryl methyl sites for hydroxylation is 1. The molecule has 218 valence electrons. The number of hydrogen-bond donors (Lipinski definition) is 3. The number of ether oxygens (including phenoxy) is 1. The number of nitrogens with one attached hydrogen (secondary N) is 3. The van der Waals surface area contributed by atoms with Crippen molar-refractivity contribution in [2.45, 2.75) is 29.5 Å². The van der Waals surface area contributed by atoms with Crippen LogP contribution < -0.4 is 20.7 Å². The Labute approximate surface area is 222 Å². The van der Waals surface area contributed by atoms with E-state index in [-0.39, 0.29) is 29.5 Å². The highest BCUT2D eigenvalue weighted by atomic mass is 32.2. The van der Waals surface area contributed by atoms with Crippen LogP contribution in [0.1, 0.15) is 28.9 Å². The van der Waals surface area contributed by atoms with Crippen molar-refractivity contribution in [3.8, 4) is 5.75 Å². The molecule has 3 N–H and O–H groups in total. The van der Waals surface area contributed by atoms with Crippen molar-refractivity contribution in [1.82, 2.24) is 19.5 Å². The number of rotatable bonds is 4. The second-order valence-corrected chi connectivity index (χ2v) is 10.8. The molecule has 40 heavy (non-hydrogen) atoms. The number of nitrogens with zero attached hydrogens (tertiary/aromatic N) is 2. The SMILES string of the molecule is Cn1cc2c(c1C(=O)Nc1ccc(F)c(C(F)F)c1)OC[C@@]1(CCNC1)N(C(=O)C(=O)NCC(F)(F)F)S2(=O)=O. The second-order valence-electron chi connectivity index (χ2n) is 9.09. The number of aromatic nitrogens is 1. The Morgan fingerprint density at radius 1 is 1.23 bits per heavy atom. The number of halogens is 6. The number of alkyl halides is 5. The van der Waals surface area contributed by atoms with Gasteiger partial charge in [-0.25, -0.2) is 25.9 Å². The van der Waals surface area contributed by atoms with E-state index in [1.165, 1.54) is 12.4 Å². The molecule has 1 atom stereocenters. The molecule has 2 aliphatic heterocycles. The summed E-state index contributed by atoms with van der Waals surface area (Å²) in [5, 5.41) is 6.43. The molecule has 2 aliphatic rings. The minimum absolute atomic E-state index is 0.0750. The molecule has 3 heterocycles. The zero-order chi connectivity index (χ0) is 29.6. The van der Waals surface area contributed by atoms with Gasteiger partial charge in [-0.15, -0.1) is 0 Å². The Morgan fingerprint density at radius 2 is 1.93 bits per heavy atom. The predicted octanol–water partition coefficient (Wildman–Crippen LogP) is 1.67. The Kier molecular flexibility index (Phi) is 7.52. The Hall–Kier alpha value is -3.80. The lowest BCUT2D eigenvalue weighted by Crippen LogP contribution is -2.61. The standard InChI is InChI=1S/C22H21F6N5O6S/c1-32-7-14-16(15(32)18(34)31-11-2-3-13(23)12(6-11)17(24)25)39-10-21(4-5-29-8-21)33(40(14,37)38)20(36)19(35)30-9-22(26,27)28/h2-3,6-7,17,29H,4-5,8-10H2,1H3,(H,30,35)(H,31,34)/t21-/m0/s1. The number of anilines is 1. The van der Waals surface area contributed by atoms with Crippen molar-refractivity contribution in [2.75, 3.05) is 31.6 Å². The average molecular weight is 597 g/mol. The average Bonchev–Trinajstić information content (AvgIpc) is 3.44. The van der Waals surface area contributed by atoms with Crippen LogP contribution in [0.2, 0.25) is 0 Å². The number of benzene rings is 1. The van der Waals surface area contributed by atoms with Crippen molar-refractivity contribution in [1.29, 1.82) is 0 Å². The van der Waals surface area contributed by atoms with Crippen LogP contribution in [0, 0.1) is 5.82 Å². The lowest BCUT2D eigenvalue weighted by Gasteiger charge is -2.36. The lowest BCUT2D eigenvalue weighted by molar-refractivity contribution is -0.150. The van der Waals surface area contributed by atoms with Gasteiger partial charge in [0.05, 0.1) is 5.56 Å². The minimum atomic E-state index is -5.01. The normalized spacial score (nSPS) is 20.1. The van der Waals surface area contributed by atoms with Crippen molar-refractivity contribution in [3.05, 3.63) is 41.5 Å². The van der Waals surface area contributed by atoms with Crippen molar-refractivity contribution >= 4 is 33.4 Å². The number of amides is 3. The fourth-order valence-electron chi connectivity index (χ4n) is 4.46. The van der Waals surface area contributed by atoms with Crippen LogP contribution in [0.4, 0.5) is 32.0 Å². The molecule has 1 aromatic carbocycles. The molecule has 0 saturated carbocycles. The van der Waals surface area contributed by atoms with Crippen LogP contribution >= 0.6 is 0 Å². The molecule has 11 nitrogen and oxygen atoms in total. The van der Waals surface area contributed by atoms with E-state index < -0.39 is 86.8 Å². The summed E-state index contributed by atoms with van der Waals surface area (Å²) < 4.78 is 112. The topological polar surface area (TPSA) is 139 Å². The number of carbonyl (C=O) groups is 3. The first-order valence-corrected chi connectivity index (χ1v) is 12.9. The molecular formula is C22H21F6N5O6S. The number of fused-ring (bicyclic) bond motifs is 1. The molecule has 3 amide bonds. The van der Waals surface area contributed by atoms with E-state index in [1.54, 1.807) is 0 Å². The molecule has 18 heteroatoms. The molecule has 1 spiro atoms. The van der Waals surface area contributed by atoms with Crippen molar-refractivity contribution in [3.63, 3.8) is 0 Å². The Morgan fingerprint density at radius 3 is 2.52 bits per heavy atom. The zero-order valence-electron chi connectivity index (χ0n) is 20.4. The molecule has 4 rings (SSSR count). The van der Waals surface area contributed by atoms with Gasteiger partial charge >= 0.3 is 18.0 Å². The first-order valence-electron chi connectivity index (χ1n) is 11.4. The van der Waals surface area contributed by atoms with Gasteiger partial charge in [0.25, 0.3) is 22.4 Å². The van der Waals surface area contributed by atoms with E-state index in [2.05, 4.69) is 10.6 Å². The summed E-state index contributed by atoms with van der Waals surface area (Å²) in [5.74, 6) is -6.42. The van der Waals surface area contributed by atoms with Gasteiger partial charge in [0.15, 0.2) is 11.4 Å². The summed E-state index contributed by atoms with van der Waals surface area (Å²) >= 11 is 0. The van der Waals surface area contributed by atoms with Gasteiger partial charge in [0, 0.05) is 25.5 Å². The van der Waals surface area contributed by atoms with E-state index in [0.717, 1.165) is 16.8 Å². The summed E-state index contributed by atoms with van der Waals surface area (Å²) in [6.07, 6.45) is -7.25. The van der Waals surface area contributed by atoms with Gasteiger partial charge in [-0.3, -0.25) is 14.4 Å². The third-order valence-electron chi connectivity index (χ3n) is 6.29. The molecule has 1 fully saturated rings. The van der Waals surface area contributed by atoms with Gasteiger partial charge in [0.2, 0.25) is 0 Å². The second kappa shape index (κ2) is 10.3. The fourth-order valence-corrected chi connectivity index (χ4v) is 6.36. The van der Waals surface area contributed by atoms with Crippen LogP contribution in [0.5, 0.6) is 5.75 Å². The van der Waals surface area contributed by atoms with Crippen LogP contribution in [0.3, 0.4) is 0 Å². The first kappa shape index (κ1) is 29.2. The molecular weight excluding hydrogens is 576 g/mol. The highest BCUT2D eigenvalue weighted by molar-refractivity contribution is 7.90. The molecule has 0 radical (unpaired) electrons. The highest BCUT2D eigenvalue weighted by Gasteiger charge is 2.55. The maximum atomic E-state index is 13.8. The minimum Gasteiger partial charge on any atom is -0.487 e. The number of carbonyl (C=O) groups excluding carboxylic acids is 3. The molecule has 1 aromatic heterocycles. The summed E-state index contributed by atoms with van der Waals surface area (Å²) in [5.41, 5.74) is -3.40. The summed E-state index contributed by atoms with van der Waals surface area (Å²) in [6.45, 7) is -2.52. The first-order chi connectivity index (χ1) is 18.6. The van der Waals surface area contributed by atoms with Crippen LogP contribution in [0.25, 0.3) is 0 Å². The van der Waals surface area contributed by atoms with E-state index in [1.807, 2.05) is 0 Å². The third-order valence-corrected chi connectivity index (χ3v) is 8.17. The fraction of sp³-hybridized carbons (Fsp3) is 0.409. The summed E-state index contributed by atoms with van der Waals surface area (Å²) in [6, 6.07) is 2.39. The van der Waals surface area contributed by atoms with E-state index in [0.29, 0.717) is 12.1 Å². The van der Waals surface area contributed by atoms with E-state index >= 15 is 0 Å². The van der Waals surface area contributed by atoms with Crippen molar-refractivity contribution < 1.29 is 53.9 Å². The van der Waals surface area contributed by atoms with Crippen LogP contribution in [-0.2, 0) is 26.7 Å². The smallest absolute Gasteiger partial charge is 0.405 e. The number of hydrogen-bond acceptors (Lipinski definition) is 7. The Bertz CT molecular complexity index is 1470.